The Kier molecular flexibility index (Phi) is 3.91. The summed E-state index contributed by atoms with van der Waals surface area (Å²) in [6.45, 7) is 7.76. The van der Waals surface area contributed by atoms with E-state index in [2.05, 4.69) is 51.6 Å². The highest BCUT2D eigenvalue weighted by Crippen LogP contribution is 2.44. The first-order valence-corrected chi connectivity index (χ1v) is 11.7. The zero-order valence-corrected chi connectivity index (χ0v) is 18.8. The molecule has 5 heterocycles. The van der Waals surface area contributed by atoms with Gasteiger partial charge in [0.15, 0.2) is 5.82 Å². The smallest absolute Gasteiger partial charge is 0.231 e. The second kappa shape index (κ2) is 6.65. The van der Waals surface area contributed by atoms with Gasteiger partial charge in [0.1, 0.15) is 11.6 Å². The summed E-state index contributed by atoms with van der Waals surface area (Å²) >= 11 is 6.37. The van der Waals surface area contributed by atoms with Gasteiger partial charge in [0.25, 0.3) is 0 Å². The fourth-order valence-electron chi connectivity index (χ4n) is 5.56. The molecule has 1 saturated carbocycles. The Labute approximate surface area is 191 Å². The third kappa shape index (κ3) is 2.93. The van der Waals surface area contributed by atoms with Gasteiger partial charge in [0, 0.05) is 55.4 Å². The van der Waals surface area contributed by atoms with Crippen molar-refractivity contribution in [2.75, 3.05) is 36.0 Å². The average molecular weight is 449 g/mol. The van der Waals surface area contributed by atoms with Crippen LogP contribution < -0.4 is 9.80 Å². The third-order valence-electron chi connectivity index (χ3n) is 7.25. The standard InChI is InChI=1S/C23H25ClN8/c1-15-25-7-6-20(26-15)30-11-23(12-30)13-31(14-23)22-28-27-21-10-29(18-3-4-18)9-16-8-17(24)2-5-19(16)32(21)22/h2,5-8,18H,3-4,9-14H2,1H3. The molecule has 0 N–H and O–H groups in total. The Bertz CT molecular complexity index is 1200. The van der Waals surface area contributed by atoms with Crippen molar-refractivity contribution in [3.63, 3.8) is 0 Å². The van der Waals surface area contributed by atoms with Gasteiger partial charge in [-0.3, -0.25) is 9.47 Å². The molecular formula is C23H25ClN8. The molecule has 3 aromatic rings. The van der Waals surface area contributed by atoms with Crippen LogP contribution in [0, 0.1) is 12.3 Å². The lowest BCUT2D eigenvalue weighted by Gasteiger charge is -2.60. The van der Waals surface area contributed by atoms with Crippen LogP contribution in [0.15, 0.2) is 30.5 Å². The average Bonchev–Trinajstić information content (AvgIpc) is 3.50. The number of aryl methyl sites for hydroxylation is 1. The van der Waals surface area contributed by atoms with Crippen LogP contribution in [0.2, 0.25) is 5.02 Å². The number of halogens is 1. The van der Waals surface area contributed by atoms with E-state index in [4.69, 9.17) is 11.6 Å². The molecule has 1 aromatic carbocycles. The number of fused-ring (bicyclic) bond motifs is 3. The Morgan fingerprint density at radius 3 is 2.59 bits per heavy atom. The molecule has 0 atom stereocenters. The zero-order chi connectivity index (χ0) is 21.4. The number of hydrogen-bond donors (Lipinski definition) is 0. The predicted molar refractivity (Wildman–Crippen MR) is 122 cm³/mol. The van der Waals surface area contributed by atoms with Crippen molar-refractivity contribution in [3.8, 4) is 5.69 Å². The quantitative estimate of drug-likeness (QED) is 0.610. The van der Waals surface area contributed by atoms with Crippen LogP contribution in [0.1, 0.15) is 30.1 Å². The predicted octanol–water partition coefficient (Wildman–Crippen LogP) is 2.82. The molecule has 9 heteroatoms. The van der Waals surface area contributed by atoms with Crippen molar-refractivity contribution in [3.05, 3.63) is 52.7 Å². The van der Waals surface area contributed by atoms with E-state index in [1.807, 2.05) is 25.3 Å². The number of nitrogens with zero attached hydrogens (tertiary/aromatic N) is 8. The second-order valence-corrected chi connectivity index (χ2v) is 10.3. The topological polar surface area (TPSA) is 66.2 Å². The largest absolute Gasteiger partial charge is 0.355 e. The van der Waals surface area contributed by atoms with E-state index in [1.54, 1.807) is 0 Å². The van der Waals surface area contributed by atoms with Crippen LogP contribution in [-0.4, -0.2) is 61.9 Å². The highest BCUT2D eigenvalue weighted by Gasteiger charge is 2.53. The monoisotopic (exact) mass is 448 g/mol. The van der Waals surface area contributed by atoms with Crippen LogP contribution in [0.5, 0.6) is 0 Å². The highest BCUT2D eigenvalue weighted by atomic mass is 35.5. The number of benzene rings is 1. The van der Waals surface area contributed by atoms with Crippen molar-refractivity contribution in [2.24, 2.45) is 5.41 Å². The lowest BCUT2D eigenvalue weighted by atomic mass is 9.73. The molecule has 164 valence electrons. The molecule has 0 bridgehead atoms. The fourth-order valence-corrected chi connectivity index (χ4v) is 5.76. The molecular weight excluding hydrogens is 424 g/mol. The summed E-state index contributed by atoms with van der Waals surface area (Å²) in [5.41, 5.74) is 2.74. The van der Waals surface area contributed by atoms with Crippen LogP contribution in [0.3, 0.4) is 0 Å². The van der Waals surface area contributed by atoms with Crippen LogP contribution in [0.25, 0.3) is 5.69 Å². The third-order valence-corrected chi connectivity index (χ3v) is 7.48. The van der Waals surface area contributed by atoms with Gasteiger partial charge >= 0.3 is 0 Å². The SMILES string of the molecule is Cc1nccc(N2CC3(C2)CN(c2nnc4n2-c2ccc(Cl)cc2CN(C2CC2)C4)C3)n1. The van der Waals surface area contributed by atoms with E-state index in [1.165, 1.54) is 24.1 Å². The lowest BCUT2D eigenvalue weighted by molar-refractivity contribution is 0.153. The van der Waals surface area contributed by atoms with Gasteiger partial charge < -0.3 is 9.80 Å². The van der Waals surface area contributed by atoms with Gasteiger partial charge in [-0.1, -0.05) is 11.6 Å². The maximum absolute atomic E-state index is 6.37. The molecule has 3 aliphatic heterocycles. The normalized spacial score (nSPS) is 21.6. The van der Waals surface area contributed by atoms with E-state index in [0.29, 0.717) is 11.5 Å². The van der Waals surface area contributed by atoms with Gasteiger partial charge in [-0.05, 0) is 49.6 Å². The summed E-state index contributed by atoms with van der Waals surface area (Å²) in [5, 5.41) is 10.1. The van der Waals surface area contributed by atoms with Crippen molar-refractivity contribution in [1.82, 2.24) is 29.6 Å². The minimum absolute atomic E-state index is 0.318. The number of anilines is 2. The maximum Gasteiger partial charge on any atom is 0.231 e. The Morgan fingerprint density at radius 1 is 1.00 bits per heavy atom. The Balaban J connectivity index is 1.15. The van der Waals surface area contributed by atoms with Crippen molar-refractivity contribution >= 4 is 23.4 Å². The summed E-state index contributed by atoms with van der Waals surface area (Å²) in [5.74, 6) is 3.84. The van der Waals surface area contributed by atoms with Crippen molar-refractivity contribution < 1.29 is 0 Å². The minimum Gasteiger partial charge on any atom is -0.355 e. The number of aromatic nitrogens is 5. The summed E-state index contributed by atoms with van der Waals surface area (Å²) < 4.78 is 2.27. The van der Waals surface area contributed by atoms with Gasteiger partial charge in [-0.2, -0.15) is 0 Å². The van der Waals surface area contributed by atoms with Crippen LogP contribution in [-0.2, 0) is 13.1 Å². The fraction of sp³-hybridized carbons (Fsp3) is 0.478. The molecule has 1 aliphatic carbocycles. The molecule has 0 amide bonds. The van der Waals surface area contributed by atoms with E-state index in [0.717, 1.165) is 67.7 Å². The van der Waals surface area contributed by atoms with E-state index in [9.17, 15) is 0 Å². The minimum atomic E-state index is 0.318. The molecule has 4 aliphatic rings. The van der Waals surface area contributed by atoms with Crippen LogP contribution >= 0.6 is 11.6 Å². The van der Waals surface area contributed by atoms with E-state index in [-0.39, 0.29) is 0 Å². The highest BCUT2D eigenvalue weighted by molar-refractivity contribution is 6.30. The zero-order valence-electron chi connectivity index (χ0n) is 18.1. The molecule has 32 heavy (non-hydrogen) atoms. The first-order valence-electron chi connectivity index (χ1n) is 11.3. The molecule has 7 rings (SSSR count). The summed E-state index contributed by atoms with van der Waals surface area (Å²) in [6, 6.07) is 8.87. The number of rotatable bonds is 3. The Hall–Kier alpha value is -2.71. The van der Waals surface area contributed by atoms with Crippen LogP contribution in [0.4, 0.5) is 11.8 Å². The molecule has 2 saturated heterocycles. The maximum atomic E-state index is 6.37. The van der Waals surface area contributed by atoms with Crippen molar-refractivity contribution in [2.45, 2.75) is 38.9 Å². The van der Waals surface area contributed by atoms with Crippen molar-refractivity contribution in [1.29, 1.82) is 0 Å². The van der Waals surface area contributed by atoms with Gasteiger partial charge in [0.2, 0.25) is 5.95 Å². The molecule has 8 nitrogen and oxygen atoms in total. The van der Waals surface area contributed by atoms with E-state index >= 15 is 0 Å². The molecule has 2 aromatic heterocycles. The molecule has 3 fully saturated rings. The lowest BCUT2D eigenvalue weighted by Crippen LogP contribution is -2.73. The first kappa shape index (κ1) is 18.8. The van der Waals surface area contributed by atoms with Gasteiger partial charge in [-0.15, -0.1) is 10.2 Å². The summed E-state index contributed by atoms with van der Waals surface area (Å²) in [4.78, 5) is 16.0. The molecule has 0 unspecified atom stereocenters. The Morgan fingerprint density at radius 2 is 1.81 bits per heavy atom. The van der Waals surface area contributed by atoms with E-state index < -0.39 is 0 Å². The summed E-state index contributed by atoms with van der Waals surface area (Å²) in [7, 11) is 0. The first-order chi connectivity index (χ1) is 15.6. The second-order valence-electron chi connectivity index (χ2n) is 9.84. The summed E-state index contributed by atoms with van der Waals surface area (Å²) in [6.07, 6.45) is 4.39. The number of hydrogen-bond acceptors (Lipinski definition) is 7. The van der Waals surface area contributed by atoms with Gasteiger partial charge in [0.05, 0.1) is 12.2 Å². The van der Waals surface area contributed by atoms with Gasteiger partial charge in [-0.25, -0.2) is 9.97 Å². The molecule has 1 spiro atoms. The molecule has 0 radical (unpaired) electrons.